The lowest BCUT2D eigenvalue weighted by Gasteiger charge is -2.31. The highest BCUT2D eigenvalue weighted by atomic mass is 16.5. The summed E-state index contributed by atoms with van der Waals surface area (Å²) in [6, 6.07) is 13.2. The van der Waals surface area contributed by atoms with E-state index in [4.69, 9.17) is 4.74 Å². The molecule has 3 heteroatoms. The maximum Gasteiger partial charge on any atom is 0.226 e. The molecule has 1 amide bonds. The highest BCUT2D eigenvalue weighted by Gasteiger charge is 2.36. The molecule has 1 aliphatic heterocycles. The molecule has 0 aromatic heterocycles. The Morgan fingerprint density at radius 1 is 1.00 bits per heavy atom. The summed E-state index contributed by atoms with van der Waals surface area (Å²) in [7, 11) is 1.69. The van der Waals surface area contributed by atoms with E-state index in [2.05, 4.69) is 35.2 Å². The molecule has 0 spiro atoms. The lowest BCUT2D eigenvalue weighted by atomic mass is 9.93. The van der Waals surface area contributed by atoms with Gasteiger partial charge in [-0.1, -0.05) is 43.5 Å². The molecule has 132 valence electrons. The van der Waals surface area contributed by atoms with Crippen molar-refractivity contribution in [3.63, 3.8) is 0 Å². The molecule has 0 radical (unpaired) electrons. The minimum atomic E-state index is 0.164. The zero-order valence-electron chi connectivity index (χ0n) is 15.0. The first-order valence-electron chi connectivity index (χ1n) is 9.62. The summed E-state index contributed by atoms with van der Waals surface area (Å²) < 4.78 is 5.29. The van der Waals surface area contributed by atoms with Gasteiger partial charge in [-0.15, -0.1) is 0 Å². The van der Waals surface area contributed by atoms with Crippen molar-refractivity contribution in [3.8, 4) is 5.75 Å². The van der Waals surface area contributed by atoms with Crippen LogP contribution in [0.25, 0.3) is 10.8 Å². The van der Waals surface area contributed by atoms with E-state index in [0.29, 0.717) is 11.9 Å². The summed E-state index contributed by atoms with van der Waals surface area (Å²) in [5.74, 6) is 1.44. The molecule has 2 fully saturated rings. The van der Waals surface area contributed by atoms with Crippen molar-refractivity contribution in [2.24, 2.45) is 5.92 Å². The third-order valence-corrected chi connectivity index (χ3v) is 5.96. The summed E-state index contributed by atoms with van der Waals surface area (Å²) in [4.78, 5) is 15.1. The molecular weight excluding hydrogens is 310 g/mol. The smallest absolute Gasteiger partial charge is 0.226 e. The van der Waals surface area contributed by atoms with Gasteiger partial charge in [-0.2, -0.15) is 0 Å². The van der Waals surface area contributed by atoms with Crippen molar-refractivity contribution in [2.45, 2.75) is 51.0 Å². The molecule has 1 unspecified atom stereocenters. The number of rotatable bonds is 4. The number of ether oxygens (including phenoxy) is 1. The molecule has 1 aliphatic carbocycles. The van der Waals surface area contributed by atoms with Gasteiger partial charge in [0.2, 0.25) is 5.91 Å². The summed E-state index contributed by atoms with van der Waals surface area (Å²) in [5, 5.41) is 2.40. The number of nitrogens with zero attached hydrogens (tertiary/aromatic N) is 1. The van der Waals surface area contributed by atoms with Crippen molar-refractivity contribution in [1.29, 1.82) is 0 Å². The van der Waals surface area contributed by atoms with Gasteiger partial charge in [0.05, 0.1) is 7.11 Å². The molecule has 2 aliphatic rings. The monoisotopic (exact) mass is 337 g/mol. The first-order chi connectivity index (χ1) is 12.2. The van der Waals surface area contributed by atoms with Crippen LogP contribution in [0.2, 0.25) is 0 Å². The Hall–Kier alpha value is -2.03. The Morgan fingerprint density at radius 3 is 2.56 bits per heavy atom. The van der Waals surface area contributed by atoms with E-state index in [-0.39, 0.29) is 5.92 Å². The highest BCUT2D eigenvalue weighted by molar-refractivity contribution is 5.85. The van der Waals surface area contributed by atoms with Crippen LogP contribution in [0.15, 0.2) is 36.4 Å². The van der Waals surface area contributed by atoms with Gasteiger partial charge in [-0.3, -0.25) is 4.79 Å². The first-order valence-corrected chi connectivity index (χ1v) is 9.62. The third kappa shape index (κ3) is 3.37. The average Bonchev–Trinajstić information content (AvgIpc) is 3.02. The van der Waals surface area contributed by atoms with Gasteiger partial charge in [0, 0.05) is 18.5 Å². The van der Waals surface area contributed by atoms with Crippen LogP contribution in [-0.4, -0.2) is 30.5 Å². The normalized spacial score (nSPS) is 21.9. The number of hydrogen-bond donors (Lipinski definition) is 0. The molecular formula is C22H27NO2. The summed E-state index contributed by atoms with van der Waals surface area (Å²) in [6.45, 7) is 0.957. The summed E-state index contributed by atoms with van der Waals surface area (Å²) in [5.41, 5.74) is 1.27. The molecule has 2 aromatic carbocycles. The van der Waals surface area contributed by atoms with E-state index < -0.39 is 0 Å². The Bertz CT molecular complexity index is 764. The van der Waals surface area contributed by atoms with Gasteiger partial charge in [0.15, 0.2) is 0 Å². The van der Waals surface area contributed by atoms with Gasteiger partial charge < -0.3 is 9.64 Å². The van der Waals surface area contributed by atoms with Gasteiger partial charge >= 0.3 is 0 Å². The fourth-order valence-corrected chi connectivity index (χ4v) is 4.52. The van der Waals surface area contributed by atoms with Gasteiger partial charge in [0.1, 0.15) is 5.75 Å². The van der Waals surface area contributed by atoms with Crippen LogP contribution in [0.4, 0.5) is 0 Å². The SMILES string of the molecule is COc1ccc2cc(CC3CCN(C4CCCCC4)C3=O)ccc2c1. The first kappa shape index (κ1) is 16.4. The van der Waals surface area contributed by atoms with Gasteiger partial charge in [0.25, 0.3) is 0 Å². The van der Waals surface area contributed by atoms with E-state index in [0.717, 1.165) is 25.1 Å². The molecule has 2 aromatic rings. The Labute approximate surface area is 150 Å². The predicted octanol–water partition coefficient (Wildman–Crippen LogP) is 4.57. The lowest BCUT2D eigenvalue weighted by Crippen LogP contribution is -2.39. The number of fused-ring (bicyclic) bond motifs is 1. The fourth-order valence-electron chi connectivity index (χ4n) is 4.52. The van der Waals surface area contributed by atoms with Crippen LogP contribution in [0, 0.1) is 5.92 Å². The van der Waals surface area contributed by atoms with E-state index in [9.17, 15) is 4.79 Å². The van der Waals surface area contributed by atoms with E-state index in [1.54, 1.807) is 7.11 Å². The van der Waals surface area contributed by atoms with Gasteiger partial charge in [-0.25, -0.2) is 0 Å². The summed E-state index contributed by atoms with van der Waals surface area (Å²) >= 11 is 0. The highest BCUT2D eigenvalue weighted by Crippen LogP contribution is 2.31. The Balaban J connectivity index is 1.46. The number of hydrogen-bond acceptors (Lipinski definition) is 2. The molecule has 4 rings (SSSR count). The Morgan fingerprint density at radius 2 is 1.76 bits per heavy atom. The van der Waals surface area contributed by atoms with Crippen molar-refractivity contribution in [1.82, 2.24) is 4.90 Å². The van der Waals surface area contributed by atoms with Crippen molar-refractivity contribution in [2.75, 3.05) is 13.7 Å². The second-order valence-electron chi connectivity index (χ2n) is 7.56. The molecule has 1 saturated carbocycles. The van der Waals surface area contributed by atoms with Crippen molar-refractivity contribution < 1.29 is 9.53 Å². The van der Waals surface area contributed by atoms with E-state index >= 15 is 0 Å². The fraction of sp³-hybridized carbons (Fsp3) is 0.500. The second-order valence-corrected chi connectivity index (χ2v) is 7.56. The molecule has 1 saturated heterocycles. The average molecular weight is 337 g/mol. The minimum Gasteiger partial charge on any atom is -0.497 e. The van der Waals surface area contributed by atoms with Crippen molar-refractivity contribution >= 4 is 16.7 Å². The number of carbonyl (C=O) groups is 1. The molecule has 25 heavy (non-hydrogen) atoms. The zero-order valence-corrected chi connectivity index (χ0v) is 15.0. The van der Waals surface area contributed by atoms with Crippen LogP contribution < -0.4 is 4.74 Å². The van der Waals surface area contributed by atoms with E-state index in [1.807, 2.05) is 6.07 Å². The second kappa shape index (κ2) is 7.07. The molecule has 1 heterocycles. The molecule has 3 nitrogen and oxygen atoms in total. The zero-order chi connectivity index (χ0) is 17.2. The molecule has 1 atom stereocenters. The van der Waals surface area contributed by atoms with Crippen LogP contribution in [-0.2, 0) is 11.2 Å². The quantitative estimate of drug-likeness (QED) is 0.818. The van der Waals surface area contributed by atoms with E-state index in [1.165, 1.54) is 48.4 Å². The Kier molecular flexibility index (Phi) is 4.65. The van der Waals surface area contributed by atoms with Crippen molar-refractivity contribution in [3.05, 3.63) is 42.0 Å². The van der Waals surface area contributed by atoms with Crippen LogP contribution in [0.1, 0.15) is 44.1 Å². The molecule has 0 bridgehead atoms. The largest absolute Gasteiger partial charge is 0.497 e. The van der Waals surface area contributed by atoms with Crippen LogP contribution >= 0.6 is 0 Å². The third-order valence-electron chi connectivity index (χ3n) is 5.96. The maximum atomic E-state index is 12.9. The number of likely N-dealkylation sites (tertiary alicyclic amines) is 1. The van der Waals surface area contributed by atoms with Crippen LogP contribution in [0.3, 0.4) is 0 Å². The number of benzene rings is 2. The number of carbonyl (C=O) groups excluding carboxylic acids is 1. The lowest BCUT2D eigenvalue weighted by molar-refractivity contribution is -0.133. The minimum absolute atomic E-state index is 0.164. The molecule has 0 N–H and O–H groups in total. The summed E-state index contributed by atoms with van der Waals surface area (Å²) in [6.07, 6.45) is 8.19. The topological polar surface area (TPSA) is 29.5 Å². The number of amides is 1. The number of methoxy groups -OCH3 is 1. The predicted molar refractivity (Wildman–Crippen MR) is 101 cm³/mol. The van der Waals surface area contributed by atoms with Gasteiger partial charge in [-0.05, 0) is 54.2 Å². The standard InChI is InChI=1S/C22H27NO2/c1-25-21-10-9-17-13-16(7-8-18(17)15-21)14-19-11-12-23(22(19)24)20-5-3-2-4-6-20/h7-10,13,15,19-20H,2-6,11-12,14H2,1H3. The maximum absolute atomic E-state index is 12.9. The van der Waals surface area contributed by atoms with Crippen LogP contribution in [0.5, 0.6) is 5.75 Å².